The number of aromatic nitrogens is 1. The molecular weight excluding hydrogens is 316 g/mol. The number of carbonyl (C=O) groups excluding carboxylic acids is 1. The fourth-order valence-electron chi connectivity index (χ4n) is 2.68. The number of ether oxygens (including phenoxy) is 2. The Bertz CT molecular complexity index is 891. The van der Waals surface area contributed by atoms with E-state index in [4.69, 9.17) is 9.47 Å². The van der Waals surface area contributed by atoms with Crippen molar-refractivity contribution in [1.29, 1.82) is 0 Å². The van der Waals surface area contributed by atoms with Gasteiger partial charge in [-0.3, -0.25) is 4.79 Å². The third-order valence-corrected chi connectivity index (χ3v) is 4.09. The normalized spacial score (nSPS) is 11.8. The van der Waals surface area contributed by atoms with E-state index in [-0.39, 0.29) is 11.9 Å². The number of methoxy groups -OCH3 is 2. The molecule has 1 heterocycles. The Hall–Kier alpha value is -3.08. The Balaban J connectivity index is 1.83. The summed E-state index contributed by atoms with van der Waals surface area (Å²) in [4.78, 5) is 17.1. The van der Waals surface area contributed by atoms with Gasteiger partial charge in [0.2, 0.25) is 0 Å². The summed E-state index contributed by atoms with van der Waals surface area (Å²) in [6.45, 7) is 1.93. The maximum absolute atomic E-state index is 12.6. The number of pyridine rings is 1. The van der Waals surface area contributed by atoms with Crippen molar-refractivity contribution in [1.82, 2.24) is 10.3 Å². The summed E-state index contributed by atoms with van der Waals surface area (Å²) in [5.74, 6) is 1.17. The standard InChI is InChI=1S/C20H20N2O3/c1-13(14-8-10-15(24-2)11-9-14)21-20(23)18-12-19(25-3)16-6-4-5-7-17(16)22-18/h4-13H,1-3H3,(H,21,23). The highest BCUT2D eigenvalue weighted by Crippen LogP contribution is 2.25. The quantitative estimate of drug-likeness (QED) is 0.771. The molecule has 0 saturated heterocycles. The van der Waals surface area contributed by atoms with E-state index >= 15 is 0 Å². The minimum Gasteiger partial charge on any atom is -0.497 e. The number of amides is 1. The molecule has 0 saturated carbocycles. The first-order valence-electron chi connectivity index (χ1n) is 8.01. The number of carbonyl (C=O) groups is 1. The summed E-state index contributed by atoms with van der Waals surface area (Å²) in [5, 5.41) is 3.85. The van der Waals surface area contributed by atoms with Crippen molar-refractivity contribution < 1.29 is 14.3 Å². The van der Waals surface area contributed by atoms with Crippen LogP contribution in [-0.2, 0) is 0 Å². The molecule has 128 valence electrons. The van der Waals surface area contributed by atoms with Gasteiger partial charge in [0.1, 0.15) is 17.2 Å². The van der Waals surface area contributed by atoms with Crippen LogP contribution in [0.3, 0.4) is 0 Å². The predicted molar refractivity (Wildman–Crippen MR) is 97.2 cm³/mol. The highest BCUT2D eigenvalue weighted by Gasteiger charge is 2.15. The second-order valence-corrected chi connectivity index (χ2v) is 5.70. The molecule has 0 fully saturated rings. The summed E-state index contributed by atoms with van der Waals surface area (Å²) in [6.07, 6.45) is 0. The molecule has 1 N–H and O–H groups in total. The minimum absolute atomic E-state index is 0.155. The molecule has 3 aromatic rings. The Morgan fingerprint density at radius 1 is 1.04 bits per heavy atom. The van der Waals surface area contributed by atoms with Crippen LogP contribution in [0.25, 0.3) is 10.9 Å². The van der Waals surface area contributed by atoms with Crippen molar-refractivity contribution >= 4 is 16.8 Å². The smallest absolute Gasteiger partial charge is 0.270 e. The summed E-state index contributed by atoms with van der Waals surface area (Å²) >= 11 is 0. The molecule has 25 heavy (non-hydrogen) atoms. The molecule has 0 aliphatic carbocycles. The zero-order valence-electron chi connectivity index (χ0n) is 14.4. The number of fused-ring (bicyclic) bond motifs is 1. The van der Waals surface area contributed by atoms with Gasteiger partial charge >= 0.3 is 0 Å². The van der Waals surface area contributed by atoms with Gasteiger partial charge in [-0.2, -0.15) is 0 Å². The van der Waals surface area contributed by atoms with E-state index in [0.29, 0.717) is 11.4 Å². The molecule has 0 aliphatic heterocycles. The lowest BCUT2D eigenvalue weighted by Gasteiger charge is -2.15. The lowest BCUT2D eigenvalue weighted by molar-refractivity contribution is 0.0935. The monoisotopic (exact) mass is 336 g/mol. The maximum Gasteiger partial charge on any atom is 0.270 e. The molecule has 0 aliphatic rings. The van der Waals surface area contributed by atoms with Gasteiger partial charge in [-0.05, 0) is 36.8 Å². The van der Waals surface area contributed by atoms with Crippen LogP contribution in [0.1, 0.15) is 29.0 Å². The molecule has 0 bridgehead atoms. The topological polar surface area (TPSA) is 60.5 Å². The van der Waals surface area contributed by atoms with Gasteiger partial charge in [-0.1, -0.05) is 24.3 Å². The molecule has 1 unspecified atom stereocenters. The second-order valence-electron chi connectivity index (χ2n) is 5.70. The summed E-state index contributed by atoms with van der Waals surface area (Å²) in [6, 6.07) is 16.7. The largest absolute Gasteiger partial charge is 0.497 e. The van der Waals surface area contributed by atoms with Gasteiger partial charge in [0, 0.05) is 11.5 Å². The van der Waals surface area contributed by atoms with Crippen molar-refractivity contribution in [3.63, 3.8) is 0 Å². The molecule has 1 atom stereocenters. The van der Waals surface area contributed by atoms with Crippen LogP contribution in [-0.4, -0.2) is 25.1 Å². The van der Waals surface area contributed by atoms with Gasteiger partial charge in [0.05, 0.1) is 25.8 Å². The first-order chi connectivity index (χ1) is 12.1. The van der Waals surface area contributed by atoms with Crippen LogP contribution in [0.5, 0.6) is 11.5 Å². The van der Waals surface area contributed by atoms with Crippen LogP contribution >= 0.6 is 0 Å². The highest BCUT2D eigenvalue weighted by atomic mass is 16.5. The van der Waals surface area contributed by atoms with E-state index in [2.05, 4.69) is 10.3 Å². The van der Waals surface area contributed by atoms with E-state index in [1.54, 1.807) is 20.3 Å². The van der Waals surface area contributed by atoms with Gasteiger partial charge in [0.15, 0.2) is 0 Å². The number of hydrogen-bond donors (Lipinski definition) is 1. The van der Waals surface area contributed by atoms with Crippen molar-refractivity contribution in [2.45, 2.75) is 13.0 Å². The minimum atomic E-state index is -0.243. The molecule has 1 amide bonds. The Labute approximate surface area is 146 Å². The van der Waals surface area contributed by atoms with Crippen molar-refractivity contribution in [3.8, 4) is 11.5 Å². The van der Waals surface area contributed by atoms with Gasteiger partial charge in [0.25, 0.3) is 5.91 Å². The lowest BCUT2D eigenvalue weighted by atomic mass is 10.1. The lowest BCUT2D eigenvalue weighted by Crippen LogP contribution is -2.27. The number of hydrogen-bond acceptors (Lipinski definition) is 4. The van der Waals surface area contributed by atoms with E-state index in [9.17, 15) is 4.79 Å². The van der Waals surface area contributed by atoms with Gasteiger partial charge in [-0.25, -0.2) is 4.98 Å². The Morgan fingerprint density at radius 3 is 2.44 bits per heavy atom. The van der Waals surface area contributed by atoms with Gasteiger partial charge < -0.3 is 14.8 Å². The number of nitrogens with one attached hydrogen (secondary N) is 1. The van der Waals surface area contributed by atoms with Gasteiger partial charge in [-0.15, -0.1) is 0 Å². The molecule has 5 heteroatoms. The van der Waals surface area contributed by atoms with E-state index in [0.717, 1.165) is 22.2 Å². The molecule has 2 aromatic carbocycles. The first kappa shape index (κ1) is 16.8. The Morgan fingerprint density at radius 2 is 1.76 bits per heavy atom. The number of para-hydroxylation sites is 1. The molecule has 1 aromatic heterocycles. The van der Waals surface area contributed by atoms with E-state index < -0.39 is 0 Å². The fourth-order valence-corrected chi connectivity index (χ4v) is 2.68. The zero-order valence-corrected chi connectivity index (χ0v) is 14.4. The zero-order chi connectivity index (χ0) is 17.8. The number of benzene rings is 2. The Kier molecular flexibility index (Phi) is 4.84. The molecule has 0 radical (unpaired) electrons. The molecular formula is C20H20N2O3. The maximum atomic E-state index is 12.6. The third-order valence-electron chi connectivity index (χ3n) is 4.09. The highest BCUT2D eigenvalue weighted by molar-refractivity contribution is 5.97. The van der Waals surface area contributed by atoms with E-state index in [1.807, 2.05) is 55.5 Å². The third kappa shape index (κ3) is 3.55. The summed E-state index contributed by atoms with van der Waals surface area (Å²) < 4.78 is 10.6. The fraction of sp³-hybridized carbons (Fsp3) is 0.200. The van der Waals surface area contributed by atoms with Crippen LogP contribution in [0, 0.1) is 0 Å². The van der Waals surface area contributed by atoms with E-state index in [1.165, 1.54) is 0 Å². The molecule has 3 rings (SSSR count). The average molecular weight is 336 g/mol. The van der Waals surface area contributed by atoms with Crippen LogP contribution in [0.2, 0.25) is 0 Å². The van der Waals surface area contributed by atoms with Crippen LogP contribution in [0.4, 0.5) is 0 Å². The second kappa shape index (κ2) is 7.21. The van der Waals surface area contributed by atoms with Crippen LogP contribution < -0.4 is 14.8 Å². The predicted octanol–water partition coefficient (Wildman–Crippen LogP) is 3.74. The summed E-state index contributed by atoms with van der Waals surface area (Å²) in [7, 11) is 3.21. The molecule has 5 nitrogen and oxygen atoms in total. The number of nitrogens with zero attached hydrogens (tertiary/aromatic N) is 1. The SMILES string of the molecule is COc1ccc(C(C)NC(=O)c2cc(OC)c3ccccc3n2)cc1. The van der Waals surface area contributed by atoms with Crippen molar-refractivity contribution in [2.75, 3.05) is 14.2 Å². The van der Waals surface area contributed by atoms with Crippen molar-refractivity contribution in [3.05, 3.63) is 65.9 Å². The van der Waals surface area contributed by atoms with Crippen LogP contribution in [0.15, 0.2) is 54.6 Å². The summed E-state index contributed by atoms with van der Waals surface area (Å²) in [5.41, 5.74) is 2.04. The van der Waals surface area contributed by atoms with Crippen molar-refractivity contribution in [2.24, 2.45) is 0 Å². The number of rotatable bonds is 5. The first-order valence-corrected chi connectivity index (χ1v) is 8.01. The average Bonchev–Trinajstić information content (AvgIpc) is 2.67. The molecule has 0 spiro atoms.